The van der Waals surface area contributed by atoms with Gasteiger partial charge in [0.25, 0.3) is 0 Å². The van der Waals surface area contributed by atoms with Crippen molar-refractivity contribution in [1.29, 1.82) is 0 Å². The van der Waals surface area contributed by atoms with Crippen molar-refractivity contribution in [2.24, 2.45) is 0 Å². The van der Waals surface area contributed by atoms with Gasteiger partial charge in [0.2, 0.25) is 0 Å². The number of benzene rings is 2. The van der Waals surface area contributed by atoms with E-state index in [9.17, 15) is 13.2 Å². The van der Waals surface area contributed by atoms with Gasteiger partial charge in [-0.3, -0.25) is 0 Å². The second kappa shape index (κ2) is 5.34. The molecule has 0 unspecified atom stereocenters. The van der Waals surface area contributed by atoms with Crippen LogP contribution >= 0.6 is 0 Å². The Balaban J connectivity index is 2.20. The number of para-hydroxylation sites is 1. The molecule has 0 saturated heterocycles. The van der Waals surface area contributed by atoms with Crippen LogP contribution in [-0.4, -0.2) is 0 Å². The first-order chi connectivity index (χ1) is 9.00. The van der Waals surface area contributed by atoms with Gasteiger partial charge in [-0.05, 0) is 42.3 Å². The van der Waals surface area contributed by atoms with Gasteiger partial charge in [-0.1, -0.05) is 25.1 Å². The Morgan fingerprint density at radius 1 is 0.947 bits per heavy atom. The highest BCUT2D eigenvalue weighted by Crippen LogP contribution is 2.30. The lowest BCUT2D eigenvalue weighted by atomic mass is 10.1. The fourth-order valence-corrected chi connectivity index (χ4v) is 1.85. The average molecular weight is 265 g/mol. The van der Waals surface area contributed by atoms with Gasteiger partial charge in [0.1, 0.15) is 0 Å². The molecule has 1 N–H and O–H groups in total. The Hall–Kier alpha value is -1.97. The molecule has 0 aliphatic heterocycles. The molecule has 0 aliphatic carbocycles. The summed E-state index contributed by atoms with van der Waals surface area (Å²) < 4.78 is 37.3. The van der Waals surface area contributed by atoms with E-state index in [1.807, 2.05) is 31.2 Å². The van der Waals surface area contributed by atoms with Crippen LogP contribution in [0.3, 0.4) is 0 Å². The summed E-state index contributed by atoms with van der Waals surface area (Å²) in [7, 11) is 0. The van der Waals surface area contributed by atoms with E-state index < -0.39 is 11.7 Å². The number of hydrogen-bond acceptors (Lipinski definition) is 1. The molecule has 2 rings (SSSR count). The molecule has 0 radical (unpaired) electrons. The fourth-order valence-electron chi connectivity index (χ4n) is 1.85. The molecule has 0 heterocycles. The minimum atomic E-state index is -4.29. The predicted molar refractivity (Wildman–Crippen MR) is 70.5 cm³/mol. The van der Waals surface area contributed by atoms with E-state index in [0.29, 0.717) is 5.69 Å². The monoisotopic (exact) mass is 265 g/mol. The Kier molecular flexibility index (Phi) is 3.79. The summed E-state index contributed by atoms with van der Waals surface area (Å²) in [5, 5.41) is 3.13. The third-order valence-electron chi connectivity index (χ3n) is 2.89. The van der Waals surface area contributed by atoms with Crippen molar-refractivity contribution in [3.8, 4) is 0 Å². The SMILES string of the molecule is CCc1ccccc1Nc1ccc(C(F)(F)F)cc1. The van der Waals surface area contributed by atoms with Crippen LogP contribution in [-0.2, 0) is 12.6 Å². The molecule has 1 nitrogen and oxygen atoms in total. The second-order valence-corrected chi connectivity index (χ2v) is 4.21. The van der Waals surface area contributed by atoms with E-state index in [1.54, 1.807) is 0 Å². The number of anilines is 2. The summed E-state index contributed by atoms with van der Waals surface area (Å²) >= 11 is 0. The normalized spacial score (nSPS) is 11.4. The summed E-state index contributed by atoms with van der Waals surface area (Å²) in [6, 6.07) is 12.8. The van der Waals surface area contributed by atoms with Gasteiger partial charge in [-0.25, -0.2) is 0 Å². The van der Waals surface area contributed by atoms with Crippen LogP contribution in [0.4, 0.5) is 24.5 Å². The van der Waals surface area contributed by atoms with E-state index in [2.05, 4.69) is 5.32 Å². The lowest BCUT2D eigenvalue weighted by molar-refractivity contribution is -0.137. The van der Waals surface area contributed by atoms with Gasteiger partial charge in [0.15, 0.2) is 0 Å². The molecule has 0 bridgehead atoms. The quantitative estimate of drug-likeness (QED) is 0.822. The highest BCUT2D eigenvalue weighted by Gasteiger charge is 2.29. The van der Waals surface area contributed by atoms with E-state index >= 15 is 0 Å². The third-order valence-corrected chi connectivity index (χ3v) is 2.89. The van der Waals surface area contributed by atoms with Crippen molar-refractivity contribution in [2.75, 3.05) is 5.32 Å². The van der Waals surface area contributed by atoms with Gasteiger partial charge in [0.05, 0.1) is 5.56 Å². The van der Waals surface area contributed by atoms with Gasteiger partial charge >= 0.3 is 6.18 Å². The molecule has 0 aliphatic rings. The molecule has 0 amide bonds. The maximum Gasteiger partial charge on any atom is 0.416 e. The number of aryl methyl sites for hydroxylation is 1. The molecule has 19 heavy (non-hydrogen) atoms. The fraction of sp³-hybridized carbons (Fsp3) is 0.200. The first kappa shape index (κ1) is 13.5. The highest BCUT2D eigenvalue weighted by molar-refractivity contribution is 5.63. The summed E-state index contributed by atoms with van der Waals surface area (Å²) in [6.07, 6.45) is -3.43. The minimum Gasteiger partial charge on any atom is -0.355 e. The van der Waals surface area contributed by atoms with E-state index in [4.69, 9.17) is 0 Å². The van der Waals surface area contributed by atoms with E-state index in [-0.39, 0.29) is 0 Å². The van der Waals surface area contributed by atoms with Crippen molar-refractivity contribution in [3.05, 3.63) is 59.7 Å². The minimum absolute atomic E-state index is 0.637. The Morgan fingerprint density at radius 3 is 2.16 bits per heavy atom. The standard InChI is InChI=1S/C15H14F3N/c1-2-11-5-3-4-6-14(11)19-13-9-7-12(8-10-13)15(16,17)18/h3-10,19H,2H2,1H3. The topological polar surface area (TPSA) is 12.0 Å². The van der Waals surface area contributed by atoms with E-state index in [0.717, 1.165) is 29.8 Å². The molecule has 0 spiro atoms. The van der Waals surface area contributed by atoms with Gasteiger partial charge in [-0.15, -0.1) is 0 Å². The van der Waals surface area contributed by atoms with Crippen LogP contribution in [0.2, 0.25) is 0 Å². The largest absolute Gasteiger partial charge is 0.416 e. The third kappa shape index (κ3) is 3.28. The van der Waals surface area contributed by atoms with E-state index in [1.165, 1.54) is 12.1 Å². The van der Waals surface area contributed by atoms with Crippen molar-refractivity contribution in [3.63, 3.8) is 0 Å². The number of hydrogen-bond donors (Lipinski definition) is 1. The second-order valence-electron chi connectivity index (χ2n) is 4.21. The lowest BCUT2D eigenvalue weighted by Crippen LogP contribution is -2.04. The zero-order valence-corrected chi connectivity index (χ0v) is 10.5. The summed E-state index contributed by atoms with van der Waals surface area (Å²) in [4.78, 5) is 0. The van der Waals surface area contributed by atoms with Gasteiger partial charge < -0.3 is 5.32 Å². The maximum absolute atomic E-state index is 12.4. The number of halogens is 3. The molecule has 0 saturated carbocycles. The predicted octanol–water partition coefficient (Wildman–Crippen LogP) is 5.01. The van der Waals surface area contributed by atoms with Crippen molar-refractivity contribution < 1.29 is 13.2 Å². The molecule has 0 aromatic heterocycles. The molecule has 4 heteroatoms. The first-order valence-electron chi connectivity index (χ1n) is 6.03. The van der Waals surface area contributed by atoms with Crippen molar-refractivity contribution >= 4 is 11.4 Å². The van der Waals surface area contributed by atoms with Crippen LogP contribution in [0.15, 0.2) is 48.5 Å². The Morgan fingerprint density at radius 2 is 1.58 bits per heavy atom. The Labute approximate surface area is 110 Å². The molecule has 2 aromatic rings. The first-order valence-corrected chi connectivity index (χ1v) is 6.03. The molecule has 100 valence electrons. The maximum atomic E-state index is 12.4. The summed E-state index contributed by atoms with van der Waals surface area (Å²) in [6.45, 7) is 2.03. The van der Waals surface area contributed by atoms with Crippen LogP contribution in [0.5, 0.6) is 0 Å². The van der Waals surface area contributed by atoms with Crippen LogP contribution < -0.4 is 5.32 Å². The lowest BCUT2D eigenvalue weighted by Gasteiger charge is -2.12. The van der Waals surface area contributed by atoms with Gasteiger partial charge in [0, 0.05) is 11.4 Å². The van der Waals surface area contributed by atoms with Crippen LogP contribution in [0.1, 0.15) is 18.1 Å². The average Bonchev–Trinajstić information content (AvgIpc) is 2.39. The molecular weight excluding hydrogens is 251 g/mol. The number of alkyl halides is 3. The van der Waals surface area contributed by atoms with Crippen LogP contribution in [0, 0.1) is 0 Å². The van der Waals surface area contributed by atoms with Crippen molar-refractivity contribution in [1.82, 2.24) is 0 Å². The molecular formula is C15H14F3N. The molecule has 0 atom stereocenters. The van der Waals surface area contributed by atoms with Gasteiger partial charge in [-0.2, -0.15) is 13.2 Å². The molecule has 0 fully saturated rings. The number of nitrogens with one attached hydrogen (secondary N) is 1. The zero-order chi connectivity index (χ0) is 13.9. The molecule has 2 aromatic carbocycles. The van der Waals surface area contributed by atoms with Crippen molar-refractivity contribution in [2.45, 2.75) is 19.5 Å². The Bertz CT molecular complexity index is 544. The number of rotatable bonds is 3. The van der Waals surface area contributed by atoms with Crippen LogP contribution in [0.25, 0.3) is 0 Å². The summed E-state index contributed by atoms with van der Waals surface area (Å²) in [5.41, 5.74) is 2.06. The summed E-state index contributed by atoms with van der Waals surface area (Å²) in [5.74, 6) is 0. The highest BCUT2D eigenvalue weighted by atomic mass is 19.4. The zero-order valence-electron chi connectivity index (χ0n) is 10.5. The smallest absolute Gasteiger partial charge is 0.355 e.